The van der Waals surface area contributed by atoms with Gasteiger partial charge in [-0.15, -0.1) is 0 Å². The van der Waals surface area contributed by atoms with Crippen LogP contribution < -0.4 is 4.48 Å². The van der Waals surface area contributed by atoms with Gasteiger partial charge in [0.15, 0.2) is 0 Å². The Morgan fingerprint density at radius 1 is 1.18 bits per heavy atom. The Hall–Kier alpha value is -2.08. The summed E-state index contributed by atoms with van der Waals surface area (Å²) in [5, 5.41) is 9.89. The van der Waals surface area contributed by atoms with Crippen molar-refractivity contribution in [1.82, 2.24) is 19.5 Å². The molecular weight excluding hydrogens is 360 g/mol. The molecule has 1 radical (unpaired) electrons. The summed E-state index contributed by atoms with van der Waals surface area (Å²) in [6.07, 6.45) is -3.29. The van der Waals surface area contributed by atoms with Crippen LogP contribution in [0.4, 0.5) is 13.2 Å². The molecule has 9 heteroatoms. The number of alkyl halides is 3. The van der Waals surface area contributed by atoms with E-state index in [1.807, 2.05) is 0 Å². The summed E-state index contributed by atoms with van der Waals surface area (Å²) in [7, 11) is 0. The maximum absolute atomic E-state index is 13.0. The Morgan fingerprint density at radius 2 is 1.91 bits per heavy atom. The molecule has 1 N–H and O–H groups in total. The van der Waals surface area contributed by atoms with Gasteiger partial charge in [-0.25, -0.2) is 0 Å². The average molecular weight is 369 g/mol. The molecule has 22 heavy (non-hydrogen) atoms. The van der Waals surface area contributed by atoms with Crippen molar-refractivity contribution < 1.29 is 18.3 Å². The van der Waals surface area contributed by atoms with Gasteiger partial charge in [-0.1, -0.05) is 0 Å². The molecule has 0 aliphatic heterocycles. The molecule has 0 spiro atoms. The summed E-state index contributed by atoms with van der Waals surface area (Å²) < 4.78 is 40.5. The van der Waals surface area contributed by atoms with Gasteiger partial charge >= 0.3 is 129 Å². The van der Waals surface area contributed by atoms with Crippen LogP contribution in [0, 0.1) is 0 Å². The predicted molar refractivity (Wildman–Crippen MR) is 74.6 cm³/mol. The third kappa shape index (κ3) is 2.43. The quantitative estimate of drug-likeness (QED) is 0.702. The van der Waals surface area contributed by atoms with Crippen molar-refractivity contribution in [2.24, 2.45) is 0 Å². The van der Waals surface area contributed by atoms with Gasteiger partial charge in [-0.2, -0.15) is 0 Å². The number of halogens is 3. The number of nitrogens with zero attached hydrogens (tertiary/aromatic N) is 4. The molecule has 3 aromatic rings. The van der Waals surface area contributed by atoms with Crippen molar-refractivity contribution in [2.75, 3.05) is 0 Å². The molecule has 2 heterocycles. The third-order valence-electron chi connectivity index (χ3n) is 2.98. The van der Waals surface area contributed by atoms with Crippen LogP contribution in [0.25, 0.3) is 16.9 Å². The van der Waals surface area contributed by atoms with E-state index in [0.717, 1.165) is 0 Å². The van der Waals surface area contributed by atoms with Crippen molar-refractivity contribution in [3.63, 3.8) is 0 Å². The first-order valence-corrected chi connectivity index (χ1v) is 8.94. The SMILES string of the molecule is C[As]c1nc(C(F)(F)F)nc2c1ncn2-c1ccccc1O. The number of para-hydroxylation sites is 2. The van der Waals surface area contributed by atoms with Crippen LogP contribution in [-0.2, 0) is 6.18 Å². The molecule has 0 fully saturated rings. The summed E-state index contributed by atoms with van der Waals surface area (Å²) in [4.78, 5) is 11.3. The van der Waals surface area contributed by atoms with Gasteiger partial charge < -0.3 is 0 Å². The van der Waals surface area contributed by atoms with E-state index in [1.54, 1.807) is 23.9 Å². The van der Waals surface area contributed by atoms with Gasteiger partial charge in [-0.05, 0) is 0 Å². The van der Waals surface area contributed by atoms with Crippen molar-refractivity contribution >= 4 is 31.4 Å². The summed E-state index contributed by atoms with van der Waals surface area (Å²) in [5.74, 6) is -1.26. The number of hydrogen-bond acceptors (Lipinski definition) is 4. The molecule has 0 saturated carbocycles. The Bertz CT molecular complexity index is 847. The number of fused-ring (bicyclic) bond motifs is 1. The van der Waals surface area contributed by atoms with E-state index in [2.05, 4.69) is 15.0 Å². The molecule has 0 bridgehead atoms. The normalized spacial score (nSPS) is 12.5. The number of phenolic OH excluding ortho intramolecular Hbond substituents is 1. The number of hydrogen-bond donors (Lipinski definition) is 1. The van der Waals surface area contributed by atoms with Crippen LogP contribution in [0.2, 0.25) is 5.71 Å². The fraction of sp³-hybridized carbons (Fsp3) is 0.154. The van der Waals surface area contributed by atoms with Gasteiger partial charge in [0.1, 0.15) is 0 Å². The molecule has 0 aliphatic rings. The molecule has 113 valence electrons. The zero-order valence-electron chi connectivity index (χ0n) is 11.2. The summed E-state index contributed by atoms with van der Waals surface area (Å²) in [6, 6.07) is 6.31. The van der Waals surface area contributed by atoms with Crippen LogP contribution in [0.3, 0.4) is 0 Å². The number of aromatic hydroxyl groups is 1. The first-order chi connectivity index (χ1) is 10.4. The fourth-order valence-electron chi connectivity index (χ4n) is 2.01. The monoisotopic (exact) mass is 369 g/mol. The van der Waals surface area contributed by atoms with Gasteiger partial charge in [-0.3, -0.25) is 0 Å². The standard InChI is InChI=1S/C13H9AsF3N4O/c1-14-10-9-11(20-12(19-10)13(15,16)17)21(6-18-9)7-4-2-3-5-8(7)22/h2-6,22H,1H3. The first-order valence-electron chi connectivity index (χ1n) is 6.12. The van der Waals surface area contributed by atoms with Crippen LogP contribution in [0.15, 0.2) is 30.6 Å². The maximum atomic E-state index is 13.0. The second-order valence-corrected chi connectivity index (χ2v) is 6.19. The number of imidazole rings is 1. The molecule has 0 saturated heterocycles. The molecule has 0 atom stereocenters. The zero-order chi connectivity index (χ0) is 15.9. The molecule has 0 unspecified atom stereocenters. The number of benzene rings is 1. The number of phenols is 1. The Kier molecular flexibility index (Phi) is 3.56. The van der Waals surface area contributed by atoms with Gasteiger partial charge in [0, 0.05) is 0 Å². The minimum absolute atomic E-state index is 0.0380. The van der Waals surface area contributed by atoms with E-state index < -0.39 is 27.8 Å². The van der Waals surface area contributed by atoms with E-state index in [-0.39, 0.29) is 11.4 Å². The van der Waals surface area contributed by atoms with Crippen LogP contribution in [-0.4, -0.2) is 40.4 Å². The molecule has 2 aromatic heterocycles. The summed E-state index contributed by atoms with van der Waals surface area (Å²) in [6.45, 7) is 0. The van der Waals surface area contributed by atoms with E-state index >= 15 is 0 Å². The van der Waals surface area contributed by atoms with Crippen molar-refractivity contribution in [2.45, 2.75) is 11.9 Å². The average Bonchev–Trinajstić information content (AvgIpc) is 2.89. The van der Waals surface area contributed by atoms with Gasteiger partial charge in [0.25, 0.3) is 0 Å². The van der Waals surface area contributed by atoms with Crippen molar-refractivity contribution in [3.8, 4) is 11.4 Å². The van der Waals surface area contributed by atoms with Gasteiger partial charge in [0.05, 0.1) is 0 Å². The van der Waals surface area contributed by atoms with Crippen molar-refractivity contribution in [1.29, 1.82) is 0 Å². The topological polar surface area (TPSA) is 63.8 Å². The van der Waals surface area contributed by atoms with E-state index in [9.17, 15) is 18.3 Å². The van der Waals surface area contributed by atoms with Crippen LogP contribution >= 0.6 is 0 Å². The fourth-order valence-corrected chi connectivity index (χ4v) is 3.20. The van der Waals surface area contributed by atoms with E-state index in [1.165, 1.54) is 17.0 Å². The Balaban J connectivity index is 2.32. The van der Waals surface area contributed by atoms with Crippen LogP contribution in [0.5, 0.6) is 5.75 Å². The van der Waals surface area contributed by atoms with E-state index in [4.69, 9.17) is 0 Å². The molecule has 5 nitrogen and oxygen atoms in total. The number of rotatable bonds is 2. The number of aromatic nitrogens is 4. The molecule has 0 amide bonds. The van der Waals surface area contributed by atoms with Crippen LogP contribution in [0.1, 0.15) is 5.82 Å². The second-order valence-electron chi connectivity index (χ2n) is 4.37. The molecule has 1 aromatic carbocycles. The van der Waals surface area contributed by atoms with Crippen molar-refractivity contribution in [3.05, 3.63) is 36.4 Å². The second kappa shape index (κ2) is 5.28. The summed E-state index contributed by atoms with van der Waals surface area (Å²) >= 11 is -0.564. The Labute approximate surface area is 129 Å². The first kappa shape index (κ1) is 14.8. The third-order valence-corrected chi connectivity index (χ3v) is 4.53. The summed E-state index contributed by atoms with van der Waals surface area (Å²) in [5.41, 5.74) is 2.47. The Morgan fingerprint density at radius 3 is 2.55 bits per heavy atom. The minimum atomic E-state index is -4.63. The molecule has 0 aliphatic carbocycles. The predicted octanol–water partition coefficient (Wildman–Crippen LogP) is 1.92. The zero-order valence-corrected chi connectivity index (χ0v) is 13.1. The molecular formula is C13H9AsF3N4O. The van der Waals surface area contributed by atoms with Gasteiger partial charge in [0.2, 0.25) is 0 Å². The molecule has 3 rings (SSSR count). The van der Waals surface area contributed by atoms with E-state index in [0.29, 0.717) is 15.7 Å².